The number of hydrogen-bond acceptors (Lipinski definition) is 15. The molecule has 7 aliphatic rings. The summed E-state index contributed by atoms with van der Waals surface area (Å²) >= 11 is 1.47. The summed E-state index contributed by atoms with van der Waals surface area (Å²) in [5.41, 5.74) is 4.36. The Kier molecular flexibility index (Phi) is 8.21. The van der Waals surface area contributed by atoms with Crippen LogP contribution in [0.15, 0.2) is 18.2 Å². The van der Waals surface area contributed by atoms with Gasteiger partial charge in [0.05, 0.1) is 37.6 Å². The topological polar surface area (TPSA) is 169 Å². The van der Waals surface area contributed by atoms with Gasteiger partial charge >= 0.3 is 11.9 Å². The molecule has 0 radical (unpaired) electrons. The van der Waals surface area contributed by atoms with Crippen molar-refractivity contribution in [1.29, 1.82) is 0 Å². The van der Waals surface area contributed by atoms with E-state index in [4.69, 9.17) is 28.4 Å². The zero-order valence-electron chi connectivity index (χ0n) is 30.8. The summed E-state index contributed by atoms with van der Waals surface area (Å²) in [5, 5.41) is 38.2. The standard InChI is InChI=1S/C39H43N3O11S/c1-16-9-20-10-22-37(46)42-23-13-50-38(47)39(21-12-25(48-5)24(44)11-19(21)7-8-40-39)14-54-36(30(42)29(41(22)4)26(20)31(45)32(16)49-6)28-27(23)35-34(51-15-52-35)17(2)33(28)53-18(3)43/h9,11-12,22-23,29-30,36-37,40,44-46H,7-8,10,13-15H2,1-6H3/t22-,23-,29+,30+,36-,37-,39-/m0/s1. The zero-order valence-corrected chi connectivity index (χ0v) is 31.7. The lowest BCUT2D eigenvalue weighted by molar-refractivity contribution is -0.186. The van der Waals surface area contributed by atoms with Crippen LogP contribution < -0.4 is 29.0 Å². The highest BCUT2D eigenvalue weighted by atomic mass is 32.2. The molecule has 10 rings (SSSR count). The highest BCUT2D eigenvalue weighted by molar-refractivity contribution is 7.99. The van der Waals surface area contributed by atoms with Crippen molar-refractivity contribution in [3.05, 3.63) is 62.7 Å². The smallest absolute Gasteiger partial charge is 0.331 e. The lowest BCUT2D eigenvalue weighted by Crippen LogP contribution is -2.70. The van der Waals surface area contributed by atoms with Gasteiger partial charge in [-0.1, -0.05) is 6.07 Å². The minimum Gasteiger partial charge on any atom is -0.504 e. The molecule has 286 valence electrons. The number of benzene rings is 3. The van der Waals surface area contributed by atoms with Gasteiger partial charge in [-0.3, -0.25) is 19.9 Å². The van der Waals surface area contributed by atoms with E-state index in [1.54, 1.807) is 12.1 Å². The SMILES string of the molecule is COc1cc2c(cc1O)CCN[C@@]21CS[C@H]2c3c(OC(C)=O)c(C)c4c(c3[C@H](COC1=O)N1[C@@H]2[C@H]2c3c(cc(C)c(OC)c3O)C[C@@H]([C@@H]1O)N2C)OCO4. The highest BCUT2D eigenvalue weighted by Crippen LogP contribution is 2.64. The second-order valence-electron chi connectivity index (χ2n) is 14.9. The summed E-state index contributed by atoms with van der Waals surface area (Å²) in [6.07, 6.45) is -0.0282. The van der Waals surface area contributed by atoms with Gasteiger partial charge in [0.25, 0.3) is 0 Å². The summed E-state index contributed by atoms with van der Waals surface area (Å²) in [4.78, 5) is 31.7. The Morgan fingerprint density at radius 2 is 1.80 bits per heavy atom. The molecule has 4 N–H and O–H groups in total. The third-order valence-corrected chi connectivity index (χ3v) is 13.7. The Balaban J connectivity index is 1.32. The molecule has 7 aliphatic heterocycles. The number of phenols is 2. The zero-order chi connectivity index (χ0) is 38.0. The molecule has 0 unspecified atom stereocenters. The van der Waals surface area contributed by atoms with Crippen molar-refractivity contribution in [1.82, 2.24) is 15.1 Å². The minimum absolute atomic E-state index is 0.0226. The van der Waals surface area contributed by atoms with Crippen LogP contribution in [0, 0.1) is 13.8 Å². The Hall–Kier alpha value is -4.41. The van der Waals surface area contributed by atoms with E-state index < -0.39 is 47.1 Å². The van der Waals surface area contributed by atoms with Crippen LogP contribution in [0.5, 0.6) is 40.2 Å². The number of nitrogens with zero attached hydrogens (tertiary/aromatic N) is 2. The van der Waals surface area contributed by atoms with Gasteiger partial charge in [0.2, 0.25) is 6.79 Å². The quantitative estimate of drug-likeness (QED) is 0.226. The molecule has 7 heterocycles. The number of aliphatic hydroxyl groups is 1. The molecule has 3 aromatic carbocycles. The molecule has 4 bridgehead atoms. The number of hydrogen-bond donors (Lipinski definition) is 4. The Morgan fingerprint density at radius 1 is 1.02 bits per heavy atom. The Bertz CT molecular complexity index is 2130. The van der Waals surface area contributed by atoms with Gasteiger partial charge in [0.1, 0.15) is 18.6 Å². The van der Waals surface area contributed by atoms with Crippen LogP contribution in [0.4, 0.5) is 0 Å². The third-order valence-electron chi connectivity index (χ3n) is 12.3. The second kappa shape index (κ2) is 12.6. The number of likely N-dealkylation sites (N-methyl/N-ethyl adjacent to an activating group) is 1. The first-order valence-corrected chi connectivity index (χ1v) is 19.1. The monoisotopic (exact) mass is 761 g/mol. The van der Waals surface area contributed by atoms with Crippen LogP contribution in [0.3, 0.4) is 0 Å². The number of aliphatic hydroxyl groups excluding tert-OH is 1. The summed E-state index contributed by atoms with van der Waals surface area (Å²) in [6, 6.07) is 3.13. The lowest BCUT2D eigenvalue weighted by atomic mass is 9.73. The van der Waals surface area contributed by atoms with Gasteiger partial charge in [0, 0.05) is 47.5 Å². The van der Waals surface area contributed by atoms with Crippen molar-refractivity contribution in [2.75, 3.05) is 47.0 Å². The van der Waals surface area contributed by atoms with Gasteiger partial charge in [-0.15, -0.1) is 11.8 Å². The molecule has 0 aromatic heterocycles. The van der Waals surface area contributed by atoms with Crippen molar-refractivity contribution < 1.29 is 53.3 Å². The van der Waals surface area contributed by atoms with Crippen molar-refractivity contribution >= 4 is 23.7 Å². The molecule has 7 atom stereocenters. The average molecular weight is 762 g/mol. The molecule has 0 aliphatic carbocycles. The van der Waals surface area contributed by atoms with E-state index in [1.165, 1.54) is 32.9 Å². The van der Waals surface area contributed by atoms with Crippen molar-refractivity contribution in [2.24, 2.45) is 0 Å². The maximum atomic E-state index is 14.7. The lowest BCUT2D eigenvalue weighted by Gasteiger charge is -2.62. The number of aromatic hydroxyl groups is 2. The minimum atomic E-state index is -1.36. The molecule has 3 aromatic rings. The number of rotatable bonds is 3. The average Bonchev–Trinajstić information content (AvgIpc) is 3.63. The number of esters is 2. The van der Waals surface area contributed by atoms with Gasteiger partial charge in [-0.05, 0) is 68.1 Å². The molecule has 15 heteroatoms. The first-order chi connectivity index (χ1) is 25.9. The van der Waals surface area contributed by atoms with Crippen LogP contribution >= 0.6 is 11.8 Å². The van der Waals surface area contributed by atoms with Crippen LogP contribution in [0.2, 0.25) is 0 Å². The largest absolute Gasteiger partial charge is 0.504 e. The Morgan fingerprint density at radius 3 is 2.54 bits per heavy atom. The number of carbonyl (C=O) groups is 2. The van der Waals surface area contributed by atoms with E-state index >= 15 is 0 Å². The number of fused-ring (bicyclic) bond motifs is 9. The molecular weight excluding hydrogens is 719 g/mol. The van der Waals surface area contributed by atoms with Crippen molar-refractivity contribution in [3.63, 3.8) is 0 Å². The maximum absolute atomic E-state index is 14.7. The van der Waals surface area contributed by atoms with Crippen LogP contribution in [0.1, 0.15) is 68.8 Å². The number of aryl methyl sites for hydroxylation is 1. The number of thioether (sulfide) groups is 1. The summed E-state index contributed by atoms with van der Waals surface area (Å²) in [6.45, 7) is 5.26. The normalized spacial score (nSPS) is 29.4. The van der Waals surface area contributed by atoms with Crippen LogP contribution in [0.25, 0.3) is 0 Å². The number of ether oxygens (including phenoxy) is 6. The summed E-state index contributed by atoms with van der Waals surface area (Å²) in [7, 11) is 4.96. The number of methoxy groups -OCH3 is 2. The van der Waals surface area contributed by atoms with E-state index in [2.05, 4.69) is 10.2 Å². The van der Waals surface area contributed by atoms with Crippen LogP contribution in [-0.4, -0.2) is 102 Å². The maximum Gasteiger partial charge on any atom is 0.331 e. The van der Waals surface area contributed by atoms with Crippen LogP contribution in [-0.2, 0) is 32.7 Å². The van der Waals surface area contributed by atoms with E-state index in [0.29, 0.717) is 70.2 Å². The molecular formula is C39H43N3O11S. The highest BCUT2D eigenvalue weighted by Gasteiger charge is 2.61. The van der Waals surface area contributed by atoms with Gasteiger partial charge in [-0.25, -0.2) is 4.79 Å². The fourth-order valence-electron chi connectivity index (χ4n) is 10.00. The molecule has 0 amide bonds. The second-order valence-corrected chi connectivity index (χ2v) is 16.1. The number of nitrogens with one attached hydrogen (secondary N) is 1. The number of carbonyl (C=O) groups excluding carboxylic acids is 2. The third kappa shape index (κ3) is 4.74. The van der Waals surface area contributed by atoms with Crippen molar-refractivity contribution in [2.45, 2.75) is 74.8 Å². The summed E-state index contributed by atoms with van der Waals surface area (Å²) in [5.74, 6) is 0.949. The van der Waals surface area contributed by atoms with Gasteiger partial charge in [0.15, 0.2) is 40.0 Å². The van der Waals surface area contributed by atoms with Gasteiger partial charge < -0.3 is 43.7 Å². The molecule has 54 heavy (non-hydrogen) atoms. The molecule has 14 nitrogen and oxygen atoms in total. The first-order valence-electron chi connectivity index (χ1n) is 18.1. The van der Waals surface area contributed by atoms with E-state index in [1.807, 2.05) is 31.9 Å². The van der Waals surface area contributed by atoms with Gasteiger partial charge in [-0.2, -0.15) is 0 Å². The molecule has 2 saturated heterocycles. The van der Waals surface area contributed by atoms with E-state index in [0.717, 1.165) is 16.7 Å². The molecule has 1 spiro atoms. The first kappa shape index (κ1) is 35.3. The number of phenolic OH excluding ortho intramolecular Hbond substituents is 2. The predicted molar refractivity (Wildman–Crippen MR) is 195 cm³/mol. The van der Waals surface area contributed by atoms with E-state index in [-0.39, 0.29) is 42.4 Å². The predicted octanol–water partition coefficient (Wildman–Crippen LogP) is 3.41. The van der Waals surface area contributed by atoms with E-state index in [9.17, 15) is 24.9 Å². The number of piperazine rings is 1. The fourth-order valence-corrected chi connectivity index (χ4v) is 11.7. The fraction of sp³-hybridized carbons (Fsp3) is 0.487. The Labute approximate surface area is 316 Å². The summed E-state index contributed by atoms with van der Waals surface area (Å²) < 4.78 is 35.9. The molecule has 0 saturated carbocycles. The molecule has 2 fully saturated rings. The van der Waals surface area contributed by atoms with Crippen molar-refractivity contribution in [3.8, 4) is 40.2 Å².